The predicted octanol–water partition coefficient (Wildman–Crippen LogP) is 4.94. The molecule has 0 saturated heterocycles. The lowest BCUT2D eigenvalue weighted by molar-refractivity contribution is 0.233. The standard InChI is InChI=1S/C22H32O5/c1-2-3-4-5-6-7-8-9-11-19-21(24)18-13-12-17(26-15-10-14-23)16-20(18)27-22(19)25/h12-13,16,23-24H,2-11,14-15H2,1H3. The van der Waals surface area contributed by atoms with Crippen LogP contribution in [0.2, 0.25) is 0 Å². The number of rotatable bonds is 13. The summed E-state index contributed by atoms with van der Waals surface area (Å²) in [7, 11) is 0. The Morgan fingerprint density at radius 2 is 1.70 bits per heavy atom. The van der Waals surface area contributed by atoms with Crippen LogP contribution in [0.15, 0.2) is 27.4 Å². The van der Waals surface area contributed by atoms with E-state index in [2.05, 4.69) is 6.92 Å². The lowest BCUT2D eigenvalue weighted by atomic mass is 10.0. The first-order valence-corrected chi connectivity index (χ1v) is 10.2. The predicted molar refractivity (Wildman–Crippen MR) is 108 cm³/mol. The molecule has 150 valence electrons. The minimum absolute atomic E-state index is 0.0195. The maximum atomic E-state index is 12.3. The van der Waals surface area contributed by atoms with Crippen molar-refractivity contribution in [3.63, 3.8) is 0 Å². The molecule has 0 aliphatic rings. The third-order valence-corrected chi connectivity index (χ3v) is 4.79. The van der Waals surface area contributed by atoms with E-state index < -0.39 is 5.63 Å². The summed E-state index contributed by atoms with van der Waals surface area (Å²) in [5, 5.41) is 19.8. The minimum Gasteiger partial charge on any atom is -0.507 e. The molecule has 0 radical (unpaired) electrons. The number of aromatic hydroxyl groups is 1. The Kier molecular flexibility index (Phi) is 9.19. The number of unbranched alkanes of at least 4 members (excludes halogenated alkanes) is 7. The zero-order valence-electron chi connectivity index (χ0n) is 16.3. The molecule has 0 fully saturated rings. The SMILES string of the molecule is CCCCCCCCCCc1c(O)c2ccc(OCCCO)cc2oc1=O. The fourth-order valence-corrected chi connectivity index (χ4v) is 3.20. The molecule has 0 amide bonds. The summed E-state index contributed by atoms with van der Waals surface area (Å²) in [4.78, 5) is 12.3. The molecule has 1 aromatic heterocycles. The van der Waals surface area contributed by atoms with Crippen LogP contribution in [0.4, 0.5) is 0 Å². The van der Waals surface area contributed by atoms with Gasteiger partial charge in [-0.2, -0.15) is 0 Å². The van der Waals surface area contributed by atoms with Crippen LogP contribution in [-0.4, -0.2) is 23.4 Å². The van der Waals surface area contributed by atoms with E-state index in [1.807, 2.05) is 0 Å². The van der Waals surface area contributed by atoms with Crippen LogP contribution in [0.3, 0.4) is 0 Å². The number of fused-ring (bicyclic) bond motifs is 1. The quantitative estimate of drug-likeness (QED) is 0.382. The van der Waals surface area contributed by atoms with Crippen molar-refractivity contribution in [1.82, 2.24) is 0 Å². The molecule has 2 rings (SSSR count). The number of ether oxygens (including phenoxy) is 1. The highest BCUT2D eigenvalue weighted by molar-refractivity contribution is 5.85. The minimum atomic E-state index is -0.476. The van der Waals surface area contributed by atoms with E-state index in [0.717, 1.165) is 19.3 Å². The molecule has 0 atom stereocenters. The number of aliphatic hydroxyl groups excluding tert-OH is 1. The molecule has 5 heteroatoms. The van der Waals surface area contributed by atoms with Gasteiger partial charge in [0, 0.05) is 19.1 Å². The van der Waals surface area contributed by atoms with Gasteiger partial charge in [-0.05, 0) is 25.0 Å². The summed E-state index contributed by atoms with van der Waals surface area (Å²) >= 11 is 0. The van der Waals surface area contributed by atoms with Crippen LogP contribution in [0.5, 0.6) is 11.5 Å². The molecule has 0 unspecified atom stereocenters. The lowest BCUT2D eigenvalue weighted by Gasteiger charge is -2.09. The van der Waals surface area contributed by atoms with Crippen molar-refractivity contribution in [1.29, 1.82) is 0 Å². The van der Waals surface area contributed by atoms with Crippen molar-refractivity contribution in [3.05, 3.63) is 34.2 Å². The van der Waals surface area contributed by atoms with Crippen LogP contribution in [0, 0.1) is 0 Å². The van der Waals surface area contributed by atoms with Gasteiger partial charge in [0.25, 0.3) is 0 Å². The molecule has 0 aliphatic carbocycles. The van der Waals surface area contributed by atoms with E-state index in [0.29, 0.717) is 41.7 Å². The van der Waals surface area contributed by atoms with Crippen molar-refractivity contribution >= 4 is 11.0 Å². The molecular formula is C22H32O5. The first-order chi connectivity index (χ1) is 13.2. The second-order valence-corrected chi connectivity index (χ2v) is 7.03. The van der Waals surface area contributed by atoms with E-state index in [9.17, 15) is 9.90 Å². The first kappa shape index (κ1) is 21.3. The maximum absolute atomic E-state index is 12.3. The van der Waals surface area contributed by atoms with Crippen LogP contribution < -0.4 is 10.4 Å². The Morgan fingerprint density at radius 3 is 2.41 bits per heavy atom. The fourth-order valence-electron chi connectivity index (χ4n) is 3.20. The van der Waals surface area contributed by atoms with Crippen molar-refractivity contribution in [2.45, 2.75) is 71.1 Å². The monoisotopic (exact) mass is 376 g/mol. The Hall–Kier alpha value is -2.01. The average Bonchev–Trinajstić information content (AvgIpc) is 2.66. The Labute approximate surface area is 161 Å². The molecule has 0 bridgehead atoms. The van der Waals surface area contributed by atoms with Crippen LogP contribution in [0.25, 0.3) is 11.0 Å². The van der Waals surface area contributed by atoms with Gasteiger partial charge in [0.2, 0.25) is 0 Å². The molecule has 5 nitrogen and oxygen atoms in total. The number of hydrogen-bond acceptors (Lipinski definition) is 5. The third kappa shape index (κ3) is 6.58. The molecule has 27 heavy (non-hydrogen) atoms. The Balaban J connectivity index is 1.93. The highest BCUT2D eigenvalue weighted by atomic mass is 16.5. The summed E-state index contributed by atoms with van der Waals surface area (Å²) in [6.07, 6.45) is 10.5. The van der Waals surface area contributed by atoms with Gasteiger partial charge in [0.15, 0.2) is 0 Å². The molecular weight excluding hydrogens is 344 g/mol. The van der Waals surface area contributed by atoms with Crippen LogP contribution >= 0.6 is 0 Å². The van der Waals surface area contributed by atoms with Gasteiger partial charge in [-0.1, -0.05) is 51.9 Å². The smallest absolute Gasteiger partial charge is 0.343 e. The Morgan fingerprint density at radius 1 is 1.00 bits per heavy atom. The van der Waals surface area contributed by atoms with Crippen LogP contribution in [-0.2, 0) is 6.42 Å². The van der Waals surface area contributed by atoms with Gasteiger partial charge in [0.05, 0.1) is 17.6 Å². The van der Waals surface area contributed by atoms with E-state index in [1.54, 1.807) is 18.2 Å². The topological polar surface area (TPSA) is 79.9 Å². The maximum Gasteiger partial charge on any atom is 0.343 e. The first-order valence-electron chi connectivity index (χ1n) is 10.2. The van der Waals surface area contributed by atoms with Crippen LogP contribution in [0.1, 0.15) is 70.3 Å². The molecule has 2 N–H and O–H groups in total. The number of benzene rings is 1. The normalized spacial score (nSPS) is 11.2. The van der Waals surface area contributed by atoms with Gasteiger partial charge >= 0.3 is 5.63 Å². The highest BCUT2D eigenvalue weighted by Gasteiger charge is 2.14. The largest absolute Gasteiger partial charge is 0.507 e. The van der Waals surface area contributed by atoms with Gasteiger partial charge < -0.3 is 19.4 Å². The fraction of sp³-hybridized carbons (Fsp3) is 0.591. The summed E-state index contributed by atoms with van der Waals surface area (Å²) in [5.74, 6) is 0.570. The molecule has 2 aromatic rings. The molecule has 0 spiro atoms. The van der Waals surface area contributed by atoms with Crippen molar-refractivity contribution in [2.24, 2.45) is 0 Å². The van der Waals surface area contributed by atoms with Gasteiger partial charge in [-0.25, -0.2) is 4.79 Å². The van der Waals surface area contributed by atoms with E-state index in [4.69, 9.17) is 14.3 Å². The second kappa shape index (κ2) is 11.7. The van der Waals surface area contributed by atoms with Crippen molar-refractivity contribution < 1.29 is 19.4 Å². The van der Waals surface area contributed by atoms with Crippen molar-refractivity contribution in [3.8, 4) is 11.5 Å². The summed E-state index contributed by atoms with van der Waals surface area (Å²) < 4.78 is 10.9. The molecule has 0 saturated carbocycles. The lowest BCUT2D eigenvalue weighted by Crippen LogP contribution is -2.08. The summed E-state index contributed by atoms with van der Waals surface area (Å²) in [5.41, 5.74) is 0.205. The van der Waals surface area contributed by atoms with Gasteiger partial charge in [-0.3, -0.25) is 0 Å². The zero-order chi connectivity index (χ0) is 19.5. The average molecular weight is 376 g/mol. The number of hydrogen-bond donors (Lipinski definition) is 2. The number of aliphatic hydroxyl groups is 1. The highest BCUT2D eigenvalue weighted by Crippen LogP contribution is 2.30. The molecule has 0 aliphatic heterocycles. The van der Waals surface area contributed by atoms with Gasteiger partial charge in [-0.15, -0.1) is 0 Å². The van der Waals surface area contributed by atoms with E-state index in [1.165, 1.54) is 32.1 Å². The molecule has 1 aromatic carbocycles. The van der Waals surface area contributed by atoms with Crippen molar-refractivity contribution in [2.75, 3.05) is 13.2 Å². The van der Waals surface area contributed by atoms with E-state index >= 15 is 0 Å². The molecule has 1 heterocycles. The van der Waals surface area contributed by atoms with E-state index in [-0.39, 0.29) is 12.4 Å². The second-order valence-electron chi connectivity index (χ2n) is 7.03. The third-order valence-electron chi connectivity index (χ3n) is 4.79. The Bertz CT molecular complexity index is 750. The zero-order valence-corrected chi connectivity index (χ0v) is 16.3. The summed E-state index contributed by atoms with van der Waals surface area (Å²) in [6, 6.07) is 5.05. The van der Waals surface area contributed by atoms with Gasteiger partial charge in [0.1, 0.15) is 17.1 Å². The summed E-state index contributed by atoms with van der Waals surface area (Å²) in [6.45, 7) is 2.66.